The van der Waals surface area contributed by atoms with Crippen LogP contribution in [0.25, 0.3) is 0 Å². The predicted molar refractivity (Wildman–Crippen MR) is 85.6 cm³/mol. The lowest BCUT2D eigenvalue weighted by Crippen LogP contribution is -2.14. The molecule has 0 saturated carbocycles. The highest BCUT2D eigenvalue weighted by Crippen LogP contribution is 2.19. The van der Waals surface area contributed by atoms with Gasteiger partial charge in [0.15, 0.2) is 0 Å². The van der Waals surface area contributed by atoms with Crippen molar-refractivity contribution in [2.45, 2.75) is 32.8 Å². The molecule has 0 unspecified atom stereocenters. The quantitative estimate of drug-likeness (QED) is 0.868. The van der Waals surface area contributed by atoms with Crippen LogP contribution < -0.4 is 10.1 Å². The smallest absolute Gasteiger partial charge is 0.228 e. The van der Waals surface area contributed by atoms with Crippen LogP contribution in [0.5, 0.6) is 5.75 Å². The third-order valence-corrected chi connectivity index (χ3v) is 3.24. The average molecular weight is 283 g/mol. The van der Waals surface area contributed by atoms with Crippen LogP contribution in [-0.2, 0) is 11.2 Å². The summed E-state index contributed by atoms with van der Waals surface area (Å²) in [7, 11) is 0. The van der Waals surface area contributed by atoms with Gasteiger partial charge >= 0.3 is 0 Å². The second kappa shape index (κ2) is 7.48. The molecule has 2 aromatic carbocycles. The summed E-state index contributed by atoms with van der Waals surface area (Å²) in [5.74, 6) is 0.753. The molecule has 21 heavy (non-hydrogen) atoms. The Morgan fingerprint density at radius 2 is 1.90 bits per heavy atom. The van der Waals surface area contributed by atoms with E-state index < -0.39 is 0 Å². The number of hydrogen-bond donors (Lipinski definition) is 1. The number of amides is 1. The van der Waals surface area contributed by atoms with Crippen molar-refractivity contribution < 1.29 is 9.53 Å². The van der Waals surface area contributed by atoms with Crippen molar-refractivity contribution in [2.24, 2.45) is 0 Å². The molecular formula is C18H21NO2. The summed E-state index contributed by atoms with van der Waals surface area (Å²) in [5, 5.41) is 2.90. The molecule has 0 heterocycles. The summed E-state index contributed by atoms with van der Waals surface area (Å²) in [4.78, 5) is 12.0. The van der Waals surface area contributed by atoms with Crippen molar-refractivity contribution >= 4 is 11.6 Å². The largest absolute Gasteiger partial charge is 0.491 e. The van der Waals surface area contributed by atoms with Crippen molar-refractivity contribution in [1.82, 2.24) is 0 Å². The first-order valence-corrected chi connectivity index (χ1v) is 7.28. The van der Waals surface area contributed by atoms with Crippen LogP contribution in [0.2, 0.25) is 0 Å². The minimum Gasteiger partial charge on any atom is -0.491 e. The number of carbonyl (C=O) groups excluding carboxylic acids is 1. The van der Waals surface area contributed by atoms with Gasteiger partial charge in [-0.3, -0.25) is 4.79 Å². The zero-order valence-electron chi connectivity index (χ0n) is 12.5. The van der Waals surface area contributed by atoms with Crippen LogP contribution in [0.4, 0.5) is 5.69 Å². The van der Waals surface area contributed by atoms with E-state index in [1.165, 1.54) is 0 Å². The number of hydrogen-bond acceptors (Lipinski definition) is 2. The van der Waals surface area contributed by atoms with Gasteiger partial charge in [0.2, 0.25) is 5.91 Å². The fraction of sp³-hybridized carbons (Fsp3) is 0.278. The Hall–Kier alpha value is -2.29. The van der Waals surface area contributed by atoms with Gasteiger partial charge in [0.1, 0.15) is 5.75 Å². The maximum Gasteiger partial charge on any atom is 0.228 e. The van der Waals surface area contributed by atoms with Crippen molar-refractivity contribution in [2.75, 3.05) is 5.32 Å². The van der Waals surface area contributed by atoms with Crippen molar-refractivity contribution in [1.29, 1.82) is 0 Å². The number of ether oxygens (including phenoxy) is 1. The van der Waals surface area contributed by atoms with Crippen LogP contribution in [0.3, 0.4) is 0 Å². The van der Waals surface area contributed by atoms with Gasteiger partial charge in [-0.2, -0.15) is 0 Å². The lowest BCUT2D eigenvalue weighted by Gasteiger charge is -2.13. The van der Waals surface area contributed by atoms with E-state index >= 15 is 0 Å². The molecule has 3 heteroatoms. The SMILES string of the molecule is CC[C@@H](C)Oc1cccc(NC(=O)Cc2ccccc2)c1. The van der Waals surface area contributed by atoms with Crippen molar-refractivity contribution in [3.8, 4) is 5.75 Å². The number of carbonyl (C=O) groups is 1. The summed E-state index contributed by atoms with van der Waals surface area (Å²) in [6, 6.07) is 17.2. The monoisotopic (exact) mass is 283 g/mol. The van der Waals surface area contributed by atoms with Gasteiger partial charge in [-0.15, -0.1) is 0 Å². The van der Waals surface area contributed by atoms with Crippen LogP contribution in [-0.4, -0.2) is 12.0 Å². The lowest BCUT2D eigenvalue weighted by atomic mass is 10.1. The van der Waals surface area contributed by atoms with E-state index in [0.29, 0.717) is 6.42 Å². The predicted octanol–water partition coefficient (Wildman–Crippen LogP) is 4.05. The van der Waals surface area contributed by atoms with Crippen molar-refractivity contribution in [3.05, 3.63) is 60.2 Å². The van der Waals surface area contributed by atoms with Gasteiger partial charge in [-0.1, -0.05) is 43.3 Å². The van der Waals surface area contributed by atoms with Crippen LogP contribution in [0.1, 0.15) is 25.8 Å². The molecule has 110 valence electrons. The lowest BCUT2D eigenvalue weighted by molar-refractivity contribution is -0.115. The average Bonchev–Trinajstić information content (AvgIpc) is 2.48. The molecule has 0 saturated heterocycles. The Morgan fingerprint density at radius 3 is 2.62 bits per heavy atom. The van der Waals surface area contributed by atoms with Gasteiger partial charge in [0.05, 0.1) is 12.5 Å². The van der Waals surface area contributed by atoms with E-state index in [1.54, 1.807) is 0 Å². The van der Waals surface area contributed by atoms with Gasteiger partial charge in [0.25, 0.3) is 0 Å². The summed E-state index contributed by atoms with van der Waals surface area (Å²) >= 11 is 0. The molecule has 0 aliphatic carbocycles. The van der Waals surface area contributed by atoms with E-state index in [2.05, 4.69) is 12.2 Å². The Labute approximate surface area is 126 Å². The Balaban J connectivity index is 1.96. The molecule has 0 bridgehead atoms. The topological polar surface area (TPSA) is 38.3 Å². The third kappa shape index (κ3) is 4.95. The fourth-order valence-corrected chi connectivity index (χ4v) is 1.95. The molecule has 3 nitrogen and oxygen atoms in total. The maximum absolute atomic E-state index is 12.0. The summed E-state index contributed by atoms with van der Waals surface area (Å²) in [6.07, 6.45) is 1.49. The minimum absolute atomic E-state index is 0.0260. The molecule has 0 aliphatic rings. The van der Waals surface area contributed by atoms with Gasteiger partial charge in [0, 0.05) is 11.8 Å². The molecule has 2 aromatic rings. The Bertz CT molecular complexity index is 581. The molecular weight excluding hydrogens is 262 g/mol. The molecule has 0 aromatic heterocycles. The molecule has 0 radical (unpaired) electrons. The van der Waals surface area contributed by atoms with Crippen LogP contribution in [0, 0.1) is 0 Å². The molecule has 1 N–H and O–H groups in total. The van der Waals surface area contributed by atoms with Gasteiger partial charge in [-0.25, -0.2) is 0 Å². The number of nitrogens with one attached hydrogen (secondary N) is 1. The van der Waals surface area contributed by atoms with Crippen LogP contribution in [0.15, 0.2) is 54.6 Å². The number of rotatable bonds is 6. The summed E-state index contributed by atoms with van der Waals surface area (Å²) in [6.45, 7) is 4.11. The maximum atomic E-state index is 12.0. The molecule has 1 atom stereocenters. The zero-order chi connectivity index (χ0) is 15.1. The van der Waals surface area contributed by atoms with E-state index in [9.17, 15) is 4.79 Å². The molecule has 1 amide bonds. The second-order valence-corrected chi connectivity index (χ2v) is 5.08. The van der Waals surface area contributed by atoms with Crippen molar-refractivity contribution in [3.63, 3.8) is 0 Å². The van der Waals surface area contributed by atoms with E-state index in [0.717, 1.165) is 23.4 Å². The first-order chi connectivity index (χ1) is 10.2. The first kappa shape index (κ1) is 15.1. The van der Waals surface area contributed by atoms with Gasteiger partial charge < -0.3 is 10.1 Å². The van der Waals surface area contributed by atoms with Gasteiger partial charge in [-0.05, 0) is 31.0 Å². The number of benzene rings is 2. The van der Waals surface area contributed by atoms with E-state index in [4.69, 9.17) is 4.74 Å². The van der Waals surface area contributed by atoms with E-state index in [-0.39, 0.29) is 12.0 Å². The highest BCUT2D eigenvalue weighted by Gasteiger charge is 2.06. The standard InChI is InChI=1S/C18H21NO2/c1-3-14(2)21-17-11-7-10-16(13-17)19-18(20)12-15-8-5-4-6-9-15/h4-11,13-14H,3,12H2,1-2H3,(H,19,20)/t14-/m1/s1. The molecule has 0 aliphatic heterocycles. The highest BCUT2D eigenvalue weighted by atomic mass is 16.5. The molecule has 0 spiro atoms. The summed E-state index contributed by atoms with van der Waals surface area (Å²) < 4.78 is 5.75. The third-order valence-electron chi connectivity index (χ3n) is 3.24. The zero-order valence-corrected chi connectivity index (χ0v) is 12.5. The first-order valence-electron chi connectivity index (χ1n) is 7.28. The Morgan fingerprint density at radius 1 is 1.14 bits per heavy atom. The summed E-state index contributed by atoms with van der Waals surface area (Å²) in [5.41, 5.74) is 1.76. The number of anilines is 1. The second-order valence-electron chi connectivity index (χ2n) is 5.08. The molecule has 2 rings (SSSR count). The van der Waals surface area contributed by atoms with Crippen LogP contribution >= 0.6 is 0 Å². The highest BCUT2D eigenvalue weighted by molar-refractivity contribution is 5.92. The Kier molecular flexibility index (Phi) is 5.38. The normalized spacial score (nSPS) is 11.7. The van der Waals surface area contributed by atoms with E-state index in [1.807, 2.05) is 61.5 Å². The fourth-order valence-electron chi connectivity index (χ4n) is 1.95. The minimum atomic E-state index is -0.0260. The molecule has 0 fully saturated rings.